The van der Waals surface area contributed by atoms with Crippen LogP contribution >= 0.6 is 0 Å². The van der Waals surface area contributed by atoms with E-state index in [2.05, 4.69) is 27.7 Å². The van der Waals surface area contributed by atoms with Gasteiger partial charge in [0.2, 0.25) is 5.91 Å². The molecule has 0 aromatic carbocycles. The second-order valence-corrected chi connectivity index (χ2v) is 16.9. The summed E-state index contributed by atoms with van der Waals surface area (Å²) < 4.78 is 6.13. The number of hydrogen-bond acceptors (Lipinski definition) is 7. The molecule has 8 heteroatoms. The van der Waals surface area contributed by atoms with Crippen LogP contribution in [0.3, 0.4) is 0 Å². The van der Waals surface area contributed by atoms with Crippen LogP contribution in [0.5, 0.6) is 0 Å². The number of hydrogen-bond donors (Lipinski definition) is 4. The standard InChI is InChI=1S/C29H55NO5.C16H32O2/c1-3-5-7-9-11-14-25(15-12-10-8-6-4-2)27(32)35-26-16-18-28(24-26)19-21-30(22-20-28)29(33,34)17-13-23-31;1-3-5-7-9-11-13-15(16(17)18)14-12-10-8-6-4-2/h25-26,31,33-34H,3-24H2,1-2H3;15H,3-14H2,1-2H3,(H,17,18). The normalized spacial score (nSPS) is 17.4. The third-order valence-corrected chi connectivity index (χ3v) is 12.2. The molecule has 0 amide bonds. The predicted octanol–water partition coefficient (Wildman–Crippen LogP) is 11.3. The lowest BCUT2D eigenvalue weighted by molar-refractivity contribution is -0.276. The van der Waals surface area contributed by atoms with Gasteiger partial charge in [0, 0.05) is 26.1 Å². The number of aliphatic hydroxyl groups excluding tert-OH is 1. The van der Waals surface area contributed by atoms with Gasteiger partial charge in [-0.25, -0.2) is 0 Å². The fourth-order valence-electron chi connectivity index (χ4n) is 8.53. The van der Waals surface area contributed by atoms with Gasteiger partial charge in [-0.15, -0.1) is 0 Å². The Morgan fingerprint density at radius 2 is 1.06 bits per heavy atom. The molecule has 1 atom stereocenters. The van der Waals surface area contributed by atoms with Crippen LogP contribution in [-0.4, -0.2) is 69.0 Å². The number of aliphatic hydroxyl groups is 3. The number of esters is 1. The van der Waals surface area contributed by atoms with Gasteiger partial charge < -0.3 is 25.2 Å². The van der Waals surface area contributed by atoms with E-state index in [9.17, 15) is 24.9 Å². The number of rotatable bonds is 31. The van der Waals surface area contributed by atoms with Crippen molar-refractivity contribution >= 4 is 11.9 Å². The van der Waals surface area contributed by atoms with Crippen LogP contribution in [-0.2, 0) is 14.3 Å². The highest BCUT2D eigenvalue weighted by Gasteiger charge is 2.46. The molecule has 0 aromatic rings. The van der Waals surface area contributed by atoms with E-state index >= 15 is 0 Å². The van der Waals surface area contributed by atoms with Crippen molar-refractivity contribution in [1.82, 2.24) is 4.90 Å². The Labute approximate surface area is 326 Å². The van der Waals surface area contributed by atoms with Crippen molar-refractivity contribution in [2.45, 2.75) is 239 Å². The zero-order chi connectivity index (χ0) is 39.2. The first-order valence-electron chi connectivity index (χ1n) is 22.8. The zero-order valence-electron chi connectivity index (χ0n) is 35.2. The Hall–Kier alpha value is -1.22. The van der Waals surface area contributed by atoms with Crippen LogP contribution in [0.2, 0.25) is 0 Å². The molecule has 4 N–H and O–H groups in total. The number of carbonyl (C=O) groups is 2. The SMILES string of the molecule is CCCCCCCC(CCCCCCC)C(=O)O.CCCCCCCC(CCCCCCC)C(=O)OC1CCC2(CCN(C(O)(O)CCCO)CC2)C1. The van der Waals surface area contributed by atoms with Gasteiger partial charge >= 0.3 is 11.9 Å². The maximum atomic E-state index is 13.2. The maximum Gasteiger partial charge on any atom is 0.309 e. The lowest BCUT2D eigenvalue weighted by atomic mass is 9.76. The number of carboxylic acids is 1. The molecule has 2 rings (SSSR count). The Bertz CT molecular complexity index is 860. The largest absolute Gasteiger partial charge is 0.481 e. The van der Waals surface area contributed by atoms with Crippen molar-refractivity contribution < 1.29 is 34.8 Å². The average molecular weight is 754 g/mol. The first kappa shape index (κ1) is 49.8. The Balaban J connectivity index is 0.000000659. The van der Waals surface area contributed by atoms with Crippen molar-refractivity contribution in [2.75, 3.05) is 19.7 Å². The molecule has 1 aliphatic carbocycles. The summed E-state index contributed by atoms with van der Waals surface area (Å²) in [7, 11) is 0. The molecule has 314 valence electrons. The summed E-state index contributed by atoms with van der Waals surface area (Å²) in [6.07, 6.45) is 33.4. The summed E-state index contributed by atoms with van der Waals surface area (Å²) in [5, 5.41) is 38.9. The predicted molar refractivity (Wildman–Crippen MR) is 219 cm³/mol. The van der Waals surface area contributed by atoms with Gasteiger partial charge in [-0.05, 0) is 69.6 Å². The topological polar surface area (TPSA) is 128 Å². The summed E-state index contributed by atoms with van der Waals surface area (Å²) in [6, 6.07) is 0. The second-order valence-electron chi connectivity index (χ2n) is 16.9. The number of unbranched alkanes of at least 4 members (excludes halogenated alkanes) is 16. The molecule has 1 unspecified atom stereocenters. The fourth-order valence-corrected chi connectivity index (χ4v) is 8.53. The van der Waals surface area contributed by atoms with Crippen LogP contribution in [0.4, 0.5) is 0 Å². The van der Waals surface area contributed by atoms with Crippen LogP contribution in [0.25, 0.3) is 0 Å². The van der Waals surface area contributed by atoms with E-state index in [1.807, 2.05) is 0 Å². The van der Waals surface area contributed by atoms with Crippen molar-refractivity contribution in [3.8, 4) is 0 Å². The van der Waals surface area contributed by atoms with Crippen molar-refractivity contribution in [2.24, 2.45) is 17.3 Å². The first-order valence-corrected chi connectivity index (χ1v) is 22.8. The monoisotopic (exact) mass is 754 g/mol. The number of carbonyl (C=O) groups excluding carboxylic acids is 1. The molecule has 1 saturated carbocycles. The lowest BCUT2D eigenvalue weighted by Gasteiger charge is -2.44. The molecule has 1 saturated heterocycles. The van der Waals surface area contributed by atoms with Crippen molar-refractivity contribution in [1.29, 1.82) is 0 Å². The zero-order valence-corrected chi connectivity index (χ0v) is 35.2. The third-order valence-electron chi connectivity index (χ3n) is 12.2. The number of ether oxygens (including phenoxy) is 1. The van der Waals surface area contributed by atoms with Crippen molar-refractivity contribution in [3.63, 3.8) is 0 Å². The first-order chi connectivity index (χ1) is 25.6. The van der Waals surface area contributed by atoms with E-state index in [1.54, 1.807) is 4.90 Å². The fraction of sp³-hybridized carbons (Fsp3) is 0.956. The third kappa shape index (κ3) is 22.8. The molecule has 1 spiro atoms. The summed E-state index contributed by atoms with van der Waals surface area (Å²) >= 11 is 0. The van der Waals surface area contributed by atoms with E-state index in [4.69, 9.17) is 9.84 Å². The number of likely N-dealkylation sites (tertiary alicyclic amines) is 1. The molecule has 2 aliphatic rings. The van der Waals surface area contributed by atoms with Crippen LogP contribution in [0.15, 0.2) is 0 Å². The molecule has 0 aromatic heterocycles. The van der Waals surface area contributed by atoms with Crippen LogP contribution < -0.4 is 0 Å². The van der Waals surface area contributed by atoms with Gasteiger partial charge in [-0.2, -0.15) is 0 Å². The summed E-state index contributed by atoms with van der Waals surface area (Å²) in [5.74, 6) is -2.43. The van der Waals surface area contributed by atoms with Gasteiger partial charge in [0.1, 0.15) is 6.10 Å². The molecular formula is C45H87NO7. The van der Waals surface area contributed by atoms with Gasteiger partial charge in [0.25, 0.3) is 0 Å². The quantitative estimate of drug-likeness (QED) is 0.0313. The highest BCUT2D eigenvalue weighted by molar-refractivity contribution is 5.72. The Kier molecular flexibility index (Phi) is 29.1. The number of nitrogens with zero attached hydrogens (tertiary/aromatic N) is 1. The molecular weight excluding hydrogens is 666 g/mol. The molecule has 1 aliphatic heterocycles. The molecule has 53 heavy (non-hydrogen) atoms. The summed E-state index contributed by atoms with van der Waals surface area (Å²) in [5.41, 5.74) is 0.157. The highest BCUT2D eigenvalue weighted by Crippen LogP contribution is 2.48. The van der Waals surface area contributed by atoms with Crippen molar-refractivity contribution in [3.05, 3.63) is 0 Å². The molecule has 1 heterocycles. The second kappa shape index (κ2) is 30.9. The Morgan fingerprint density at radius 1 is 0.642 bits per heavy atom. The molecule has 0 bridgehead atoms. The summed E-state index contributed by atoms with van der Waals surface area (Å²) in [4.78, 5) is 26.1. The van der Waals surface area contributed by atoms with Gasteiger partial charge in [0.05, 0.1) is 11.8 Å². The molecule has 8 nitrogen and oxygen atoms in total. The number of aliphatic carboxylic acids is 1. The maximum absolute atomic E-state index is 13.2. The smallest absolute Gasteiger partial charge is 0.309 e. The lowest BCUT2D eigenvalue weighted by Crippen LogP contribution is -2.53. The Morgan fingerprint density at radius 3 is 1.45 bits per heavy atom. The summed E-state index contributed by atoms with van der Waals surface area (Å²) in [6.45, 7) is 10.1. The minimum absolute atomic E-state index is 0.0131. The van der Waals surface area contributed by atoms with Crippen LogP contribution in [0, 0.1) is 17.3 Å². The number of carboxylic acid groups (broad SMARTS) is 1. The average Bonchev–Trinajstić information content (AvgIpc) is 3.52. The van der Waals surface area contributed by atoms with Gasteiger partial charge in [-0.3, -0.25) is 14.5 Å². The van der Waals surface area contributed by atoms with E-state index in [1.165, 1.54) is 103 Å². The van der Waals surface area contributed by atoms with Gasteiger partial charge in [0.15, 0.2) is 0 Å². The van der Waals surface area contributed by atoms with E-state index < -0.39 is 11.9 Å². The van der Waals surface area contributed by atoms with Gasteiger partial charge in [-0.1, -0.05) is 156 Å². The highest BCUT2D eigenvalue weighted by atomic mass is 16.5. The van der Waals surface area contributed by atoms with E-state index in [0.717, 1.165) is 83.5 Å². The minimum Gasteiger partial charge on any atom is -0.481 e. The molecule has 2 fully saturated rings. The van der Waals surface area contributed by atoms with Crippen LogP contribution in [0.1, 0.15) is 227 Å². The van der Waals surface area contributed by atoms with E-state index in [0.29, 0.717) is 19.5 Å². The number of piperidine rings is 1. The molecule has 0 radical (unpaired) electrons. The van der Waals surface area contributed by atoms with E-state index in [-0.39, 0.29) is 42.4 Å². The minimum atomic E-state index is -1.84.